The van der Waals surface area contributed by atoms with Gasteiger partial charge < -0.3 is 15.0 Å². The first-order chi connectivity index (χ1) is 11.3. The van der Waals surface area contributed by atoms with Crippen LogP contribution in [0.4, 0.5) is 0 Å². The minimum absolute atomic E-state index is 0.108. The van der Waals surface area contributed by atoms with E-state index in [1.165, 1.54) is 11.8 Å². The normalized spacial score (nSPS) is 19.7. The van der Waals surface area contributed by atoms with Gasteiger partial charge in [0.25, 0.3) is 0 Å². The Morgan fingerprint density at radius 3 is 2.79 bits per heavy atom. The monoisotopic (exact) mass is 370 g/mol. The molecule has 1 fully saturated rings. The van der Waals surface area contributed by atoms with E-state index in [4.69, 9.17) is 16.3 Å². The number of carbonyl (C=O) groups excluding carboxylic acids is 2. The Hall–Kier alpha value is -1.24. The predicted molar refractivity (Wildman–Crippen MR) is 97.2 cm³/mol. The van der Waals surface area contributed by atoms with Gasteiger partial charge in [0, 0.05) is 31.0 Å². The van der Waals surface area contributed by atoms with Crippen molar-refractivity contribution >= 4 is 35.2 Å². The molecule has 1 heterocycles. The van der Waals surface area contributed by atoms with Crippen molar-refractivity contribution in [2.75, 3.05) is 26.0 Å². The van der Waals surface area contributed by atoms with Crippen LogP contribution >= 0.6 is 23.4 Å². The zero-order valence-electron chi connectivity index (χ0n) is 14.2. The molecule has 132 valence electrons. The van der Waals surface area contributed by atoms with Gasteiger partial charge in [-0.15, -0.1) is 11.8 Å². The van der Waals surface area contributed by atoms with Crippen LogP contribution in [-0.4, -0.2) is 53.5 Å². The van der Waals surface area contributed by atoms with Gasteiger partial charge in [-0.25, -0.2) is 0 Å². The van der Waals surface area contributed by atoms with Crippen molar-refractivity contribution in [1.82, 2.24) is 10.2 Å². The summed E-state index contributed by atoms with van der Waals surface area (Å²) in [5.41, 5.74) is 0.874. The highest BCUT2D eigenvalue weighted by molar-refractivity contribution is 8.01. The number of nitrogens with one attached hydrogen (secondary N) is 1. The molecule has 0 unspecified atom stereocenters. The summed E-state index contributed by atoms with van der Waals surface area (Å²) in [6.07, 6.45) is 0. The number of ether oxygens (including phenoxy) is 1. The number of nitrogens with zero attached hydrogens (tertiary/aromatic N) is 1. The second-order valence-electron chi connectivity index (χ2n) is 6.19. The summed E-state index contributed by atoms with van der Waals surface area (Å²) in [5.74, 6) is 0.341. The van der Waals surface area contributed by atoms with Gasteiger partial charge in [-0.1, -0.05) is 29.8 Å². The van der Waals surface area contributed by atoms with Crippen molar-refractivity contribution in [1.29, 1.82) is 0 Å². The van der Waals surface area contributed by atoms with Crippen LogP contribution in [0.5, 0.6) is 0 Å². The van der Waals surface area contributed by atoms with Gasteiger partial charge >= 0.3 is 0 Å². The van der Waals surface area contributed by atoms with E-state index < -0.39 is 10.8 Å². The molecule has 1 aromatic rings. The second kappa shape index (κ2) is 8.23. The molecule has 0 radical (unpaired) electrons. The van der Waals surface area contributed by atoms with Crippen LogP contribution in [0.25, 0.3) is 0 Å². The molecule has 2 rings (SSSR count). The molecule has 1 aromatic carbocycles. The van der Waals surface area contributed by atoms with Crippen LogP contribution in [0.3, 0.4) is 0 Å². The molecule has 0 aliphatic carbocycles. The Labute approximate surface area is 152 Å². The first-order valence-corrected chi connectivity index (χ1v) is 9.17. The lowest BCUT2D eigenvalue weighted by Gasteiger charge is -2.35. The molecule has 0 aromatic heterocycles. The smallest absolute Gasteiger partial charge is 0.246 e. The topological polar surface area (TPSA) is 58.6 Å². The number of carbonyl (C=O) groups is 2. The quantitative estimate of drug-likeness (QED) is 0.834. The van der Waals surface area contributed by atoms with Crippen molar-refractivity contribution in [3.05, 3.63) is 34.9 Å². The van der Waals surface area contributed by atoms with Gasteiger partial charge in [-0.05, 0) is 25.5 Å². The Balaban J connectivity index is 2.11. The number of hydrogen-bond donors (Lipinski definition) is 1. The molecule has 0 bridgehead atoms. The van der Waals surface area contributed by atoms with E-state index in [2.05, 4.69) is 5.32 Å². The Morgan fingerprint density at radius 1 is 1.46 bits per heavy atom. The summed E-state index contributed by atoms with van der Waals surface area (Å²) in [4.78, 5) is 26.7. The molecule has 1 aliphatic heterocycles. The first-order valence-electron chi connectivity index (χ1n) is 7.81. The van der Waals surface area contributed by atoms with Crippen molar-refractivity contribution in [3.63, 3.8) is 0 Å². The number of benzene rings is 1. The van der Waals surface area contributed by atoms with E-state index in [9.17, 15) is 9.59 Å². The fourth-order valence-corrected chi connectivity index (χ4v) is 3.58. The first kappa shape index (κ1) is 19.1. The zero-order valence-corrected chi connectivity index (χ0v) is 15.7. The van der Waals surface area contributed by atoms with Crippen LogP contribution in [0.2, 0.25) is 5.02 Å². The van der Waals surface area contributed by atoms with E-state index >= 15 is 0 Å². The molecular weight excluding hydrogens is 348 g/mol. The fourth-order valence-electron chi connectivity index (χ4n) is 2.39. The third kappa shape index (κ3) is 4.65. The van der Waals surface area contributed by atoms with E-state index in [-0.39, 0.29) is 11.8 Å². The van der Waals surface area contributed by atoms with Crippen molar-refractivity contribution in [3.8, 4) is 0 Å². The SMILES string of the molecule is COCCN(Cc1ccccc1Cl)C(=O)[C@@H]1CSC(C)(C)C(=O)N1. The lowest BCUT2D eigenvalue weighted by molar-refractivity contribution is -0.137. The molecule has 24 heavy (non-hydrogen) atoms. The highest BCUT2D eigenvalue weighted by atomic mass is 35.5. The summed E-state index contributed by atoms with van der Waals surface area (Å²) in [5, 5.41) is 3.46. The molecule has 1 saturated heterocycles. The highest BCUT2D eigenvalue weighted by Crippen LogP contribution is 2.29. The molecule has 2 amide bonds. The third-order valence-electron chi connectivity index (χ3n) is 3.96. The Kier molecular flexibility index (Phi) is 6.54. The lowest BCUT2D eigenvalue weighted by atomic mass is 10.1. The minimum atomic E-state index is -0.519. The van der Waals surface area contributed by atoms with Crippen molar-refractivity contribution < 1.29 is 14.3 Å². The minimum Gasteiger partial charge on any atom is -0.383 e. The maximum absolute atomic E-state index is 12.9. The average Bonchev–Trinajstić information content (AvgIpc) is 2.55. The predicted octanol–water partition coefficient (Wildman–Crippen LogP) is 2.33. The standard InChI is InChI=1S/C17H23ClN2O3S/c1-17(2)16(22)19-14(11-24-17)15(21)20(8-9-23-3)10-12-6-4-5-7-13(12)18/h4-7,14H,8-11H2,1-3H3,(H,19,22)/t14-/m0/s1. The van der Waals surface area contributed by atoms with Crippen molar-refractivity contribution in [2.24, 2.45) is 0 Å². The Bertz CT molecular complexity index is 609. The van der Waals surface area contributed by atoms with Gasteiger partial charge in [-0.2, -0.15) is 0 Å². The van der Waals surface area contributed by atoms with E-state index in [1.807, 2.05) is 32.0 Å². The molecule has 5 nitrogen and oxygen atoms in total. The van der Waals surface area contributed by atoms with Gasteiger partial charge in [0.2, 0.25) is 11.8 Å². The summed E-state index contributed by atoms with van der Waals surface area (Å²) in [6.45, 7) is 4.99. The van der Waals surface area contributed by atoms with Gasteiger partial charge in [0.05, 0.1) is 11.4 Å². The largest absolute Gasteiger partial charge is 0.383 e. The zero-order chi connectivity index (χ0) is 17.7. The van der Waals surface area contributed by atoms with Gasteiger partial charge in [0.15, 0.2) is 0 Å². The highest BCUT2D eigenvalue weighted by Gasteiger charge is 2.39. The molecule has 0 saturated carbocycles. The number of thioether (sulfide) groups is 1. The summed E-state index contributed by atoms with van der Waals surface area (Å²) < 4.78 is 4.61. The fraction of sp³-hybridized carbons (Fsp3) is 0.529. The Morgan fingerprint density at radius 2 is 2.17 bits per heavy atom. The molecule has 1 N–H and O–H groups in total. The molecule has 0 spiro atoms. The van der Waals surface area contributed by atoms with Gasteiger partial charge in [0.1, 0.15) is 6.04 Å². The third-order valence-corrected chi connectivity index (χ3v) is 5.73. The average molecular weight is 371 g/mol. The summed E-state index contributed by atoms with van der Waals surface area (Å²) >= 11 is 7.71. The maximum atomic E-state index is 12.9. The van der Waals surface area contributed by atoms with Crippen LogP contribution in [-0.2, 0) is 20.9 Å². The van der Waals surface area contributed by atoms with E-state index in [1.54, 1.807) is 18.1 Å². The van der Waals surface area contributed by atoms with Crippen LogP contribution in [0.15, 0.2) is 24.3 Å². The molecular formula is C17H23ClN2O3S. The number of halogens is 1. The van der Waals surface area contributed by atoms with E-state index in [0.29, 0.717) is 30.5 Å². The second-order valence-corrected chi connectivity index (χ2v) is 8.24. The van der Waals surface area contributed by atoms with Crippen LogP contribution in [0, 0.1) is 0 Å². The summed E-state index contributed by atoms with van der Waals surface area (Å²) in [7, 11) is 1.60. The lowest BCUT2D eigenvalue weighted by Crippen LogP contribution is -2.58. The number of hydrogen-bond acceptors (Lipinski definition) is 4. The van der Waals surface area contributed by atoms with Crippen LogP contribution < -0.4 is 5.32 Å². The molecule has 7 heteroatoms. The summed E-state index contributed by atoms with van der Waals surface area (Å²) in [6, 6.07) is 6.92. The van der Waals surface area contributed by atoms with Crippen LogP contribution in [0.1, 0.15) is 19.4 Å². The number of methoxy groups -OCH3 is 1. The van der Waals surface area contributed by atoms with Crippen molar-refractivity contribution in [2.45, 2.75) is 31.2 Å². The van der Waals surface area contributed by atoms with Gasteiger partial charge in [-0.3, -0.25) is 9.59 Å². The maximum Gasteiger partial charge on any atom is 0.246 e. The van der Waals surface area contributed by atoms with E-state index in [0.717, 1.165) is 5.56 Å². The number of amides is 2. The number of rotatable bonds is 6. The molecule has 1 atom stereocenters. The molecule has 1 aliphatic rings.